The number of rotatable bonds is 8. The van der Waals surface area contributed by atoms with Crippen LogP contribution in [0.5, 0.6) is 23.0 Å². The third kappa shape index (κ3) is 4.40. The van der Waals surface area contributed by atoms with E-state index in [0.29, 0.717) is 46.4 Å². The van der Waals surface area contributed by atoms with Gasteiger partial charge < -0.3 is 24.7 Å². The van der Waals surface area contributed by atoms with Gasteiger partial charge in [-0.15, -0.1) is 0 Å². The zero-order valence-corrected chi connectivity index (χ0v) is 16.5. The molecule has 0 bridgehead atoms. The van der Waals surface area contributed by atoms with Crippen LogP contribution >= 0.6 is 0 Å². The van der Waals surface area contributed by atoms with Crippen LogP contribution in [0.1, 0.15) is 21.6 Å². The summed E-state index contributed by atoms with van der Waals surface area (Å²) >= 11 is 0. The highest BCUT2D eigenvalue weighted by Gasteiger charge is 2.19. The molecule has 0 aliphatic carbocycles. The molecule has 7 heteroatoms. The first kappa shape index (κ1) is 20.0. The molecule has 0 spiro atoms. The van der Waals surface area contributed by atoms with E-state index >= 15 is 0 Å². The van der Waals surface area contributed by atoms with Crippen molar-refractivity contribution >= 4 is 11.5 Å². The third-order valence-corrected chi connectivity index (χ3v) is 4.31. The van der Waals surface area contributed by atoms with Gasteiger partial charge in [-0.25, -0.2) is 0 Å². The minimum absolute atomic E-state index is 0.266. The zero-order valence-electron chi connectivity index (χ0n) is 16.5. The summed E-state index contributed by atoms with van der Waals surface area (Å²) in [5.74, 6) is 1.48. The molecule has 0 unspecified atom stereocenters. The first-order valence-electron chi connectivity index (χ1n) is 8.84. The quantitative estimate of drug-likeness (QED) is 0.462. The number of nitrogens with zero attached hydrogens (tertiary/aromatic N) is 1. The average molecular weight is 394 g/mol. The van der Waals surface area contributed by atoms with Gasteiger partial charge in [0.2, 0.25) is 5.75 Å². The number of benzene rings is 2. The van der Waals surface area contributed by atoms with Crippen molar-refractivity contribution in [1.82, 2.24) is 4.98 Å². The maximum absolute atomic E-state index is 13.0. The first-order chi connectivity index (χ1) is 14.1. The Balaban J connectivity index is 1.84. The van der Waals surface area contributed by atoms with E-state index in [1.807, 2.05) is 18.2 Å². The monoisotopic (exact) mass is 394 g/mol. The molecule has 29 heavy (non-hydrogen) atoms. The normalized spacial score (nSPS) is 10.3. The molecule has 0 saturated heterocycles. The molecule has 0 radical (unpaired) electrons. The Bertz CT molecular complexity index is 980. The average Bonchev–Trinajstić information content (AvgIpc) is 2.76. The fourth-order valence-corrected chi connectivity index (χ4v) is 2.85. The first-order valence-corrected chi connectivity index (χ1v) is 8.84. The molecule has 150 valence electrons. The number of ether oxygens (including phenoxy) is 4. The second-order valence-corrected chi connectivity index (χ2v) is 6.10. The Morgan fingerprint density at radius 1 is 0.966 bits per heavy atom. The summed E-state index contributed by atoms with van der Waals surface area (Å²) in [6.07, 6.45) is 1.70. The number of hydrogen-bond donors (Lipinski definition) is 1. The summed E-state index contributed by atoms with van der Waals surface area (Å²) in [7, 11) is 4.49. The summed E-state index contributed by atoms with van der Waals surface area (Å²) in [5, 5.41) is 0. The van der Waals surface area contributed by atoms with Gasteiger partial charge in [-0.1, -0.05) is 6.07 Å². The van der Waals surface area contributed by atoms with Crippen molar-refractivity contribution in [1.29, 1.82) is 0 Å². The van der Waals surface area contributed by atoms with Gasteiger partial charge in [0.15, 0.2) is 17.3 Å². The standard InChI is InChI=1S/C22H22N2O5/c1-26-19-10-14(11-20(27-2)22(19)28-3)21(25)17-8-7-16(12-18(17)23)29-13-15-6-4-5-9-24-15/h4-12H,13,23H2,1-3H3. The molecule has 2 N–H and O–H groups in total. The fraction of sp³-hybridized carbons (Fsp3) is 0.182. The molecule has 0 saturated carbocycles. The lowest BCUT2D eigenvalue weighted by Crippen LogP contribution is -2.07. The Morgan fingerprint density at radius 2 is 1.69 bits per heavy atom. The van der Waals surface area contributed by atoms with Gasteiger partial charge >= 0.3 is 0 Å². The van der Waals surface area contributed by atoms with Gasteiger partial charge in [0.1, 0.15) is 12.4 Å². The van der Waals surface area contributed by atoms with E-state index in [-0.39, 0.29) is 5.78 Å². The Morgan fingerprint density at radius 3 is 2.24 bits per heavy atom. The van der Waals surface area contributed by atoms with Crippen LogP contribution in [-0.2, 0) is 6.61 Å². The summed E-state index contributed by atoms with van der Waals surface area (Å²) in [4.78, 5) is 17.2. The maximum atomic E-state index is 13.0. The Labute approximate surface area is 169 Å². The molecule has 0 atom stereocenters. The Hall–Kier alpha value is -3.74. The number of anilines is 1. The molecule has 2 aromatic carbocycles. The van der Waals surface area contributed by atoms with Crippen LogP contribution in [0.4, 0.5) is 5.69 Å². The van der Waals surface area contributed by atoms with Crippen molar-refractivity contribution in [3.05, 3.63) is 71.5 Å². The van der Waals surface area contributed by atoms with Crippen LogP contribution in [0, 0.1) is 0 Å². The SMILES string of the molecule is COc1cc(C(=O)c2ccc(OCc3ccccn3)cc2N)cc(OC)c1OC. The molecule has 1 heterocycles. The van der Waals surface area contributed by atoms with Crippen LogP contribution < -0.4 is 24.7 Å². The number of ketones is 1. The van der Waals surface area contributed by atoms with E-state index in [1.54, 1.807) is 36.5 Å². The van der Waals surface area contributed by atoms with Crippen molar-refractivity contribution in [3.63, 3.8) is 0 Å². The van der Waals surface area contributed by atoms with E-state index in [2.05, 4.69) is 4.98 Å². The number of aromatic nitrogens is 1. The zero-order chi connectivity index (χ0) is 20.8. The molecule has 0 amide bonds. The van der Waals surface area contributed by atoms with Gasteiger partial charge in [0.25, 0.3) is 0 Å². The molecular weight excluding hydrogens is 372 g/mol. The second-order valence-electron chi connectivity index (χ2n) is 6.10. The number of hydrogen-bond acceptors (Lipinski definition) is 7. The van der Waals surface area contributed by atoms with E-state index in [0.717, 1.165) is 5.69 Å². The summed E-state index contributed by atoms with van der Waals surface area (Å²) in [6, 6.07) is 13.7. The summed E-state index contributed by atoms with van der Waals surface area (Å²) in [6.45, 7) is 0.306. The van der Waals surface area contributed by atoms with Crippen molar-refractivity contribution in [2.24, 2.45) is 0 Å². The highest BCUT2D eigenvalue weighted by atomic mass is 16.5. The van der Waals surface area contributed by atoms with Crippen LogP contribution in [0.2, 0.25) is 0 Å². The number of carbonyl (C=O) groups is 1. The molecular formula is C22H22N2O5. The number of nitrogen functional groups attached to an aromatic ring is 1. The molecule has 0 aliphatic heterocycles. The van der Waals surface area contributed by atoms with Crippen molar-refractivity contribution in [3.8, 4) is 23.0 Å². The highest BCUT2D eigenvalue weighted by Crippen LogP contribution is 2.39. The van der Waals surface area contributed by atoms with Crippen LogP contribution in [0.3, 0.4) is 0 Å². The smallest absolute Gasteiger partial charge is 0.203 e. The van der Waals surface area contributed by atoms with Gasteiger partial charge in [0, 0.05) is 29.1 Å². The minimum Gasteiger partial charge on any atom is -0.493 e. The fourth-order valence-electron chi connectivity index (χ4n) is 2.85. The molecule has 0 aliphatic rings. The molecule has 3 rings (SSSR count). The highest BCUT2D eigenvalue weighted by molar-refractivity contribution is 6.12. The minimum atomic E-state index is -0.266. The van der Waals surface area contributed by atoms with Gasteiger partial charge in [-0.3, -0.25) is 9.78 Å². The third-order valence-electron chi connectivity index (χ3n) is 4.31. The van der Waals surface area contributed by atoms with E-state index in [4.69, 9.17) is 24.7 Å². The molecule has 0 fully saturated rings. The topological polar surface area (TPSA) is 92.9 Å². The molecule has 7 nitrogen and oxygen atoms in total. The second kappa shape index (κ2) is 8.97. The maximum Gasteiger partial charge on any atom is 0.203 e. The number of carbonyl (C=O) groups excluding carboxylic acids is 1. The van der Waals surface area contributed by atoms with Crippen LogP contribution in [0.15, 0.2) is 54.7 Å². The predicted molar refractivity (Wildman–Crippen MR) is 109 cm³/mol. The van der Waals surface area contributed by atoms with Crippen molar-refractivity contribution < 1.29 is 23.7 Å². The lowest BCUT2D eigenvalue weighted by Gasteiger charge is -2.14. The molecule has 3 aromatic rings. The van der Waals surface area contributed by atoms with E-state index in [9.17, 15) is 4.79 Å². The lowest BCUT2D eigenvalue weighted by atomic mass is 10.0. The largest absolute Gasteiger partial charge is 0.493 e. The van der Waals surface area contributed by atoms with E-state index < -0.39 is 0 Å². The Kier molecular flexibility index (Phi) is 6.19. The van der Waals surface area contributed by atoms with Crippen LogP contribution in [0.25, 0.3) is 0 Å². The number of nitrogens with two attached hydrogens (primary N) is 1. The van der Waals surface area contributed by atoms with Crippen molar-refractivity contribution in [2.75, 3.05) is 27.1 Å². The van der Waals surface area contributed by atoms with Gasteiger partial charge in [-0.2, -0.15) is 0 Å². The number of pyridine rings is 1. The van der Waals surface area contributed by atoms with Crippen molar-refractivity contribution in [2.45, 2.75) is 6.61 Å². The number of methoxy groups -OCH3 is 3. The van der Waals surface area contributed by atoms with Crippen LogP contribution in [-0.4, -0.2) is 32.1 Å². The summed E-state index contributed by atoms with van der Waals surface area (Å²) in [5.41, 5.74) is 7.95. The predicted octanol–water partition coefficient (Wildman–Crippen LogP) is 3.50. The molecule has 1 aromatic heterocycles. The van der Waals surface area contributed by atoms with E-state index in [1.165, 1.54) is 21.3 Å². The van der Waals surface area contributed by atoms with Gasteiger partial charge in [-0.05, 0) is 36.4 Å². The van der Waals surface area contributed by atoms with Gasteiger partial charge in [0.05, 0.1) is 27.0 Å². The lowest BCUT2D eigenvalue weighted by molar-refractivity contribution is 0.103. The summed E-state index contributed by atoms with van der Waals surface area (Å²) < 4.78 is 21.6.